The molecule has 0 aliphatic carbocycles. The number of aromatic hydroxyl groups is 1. The van der Waals surface area contributed by atoms with E-state index in [9.17, 15) is 4.79 Å². The largest absolute Gasteiger partial charge is 0.503 e. The summed E-state index contributed by atoms with van der Waals surface area (Å²) in [6, 6.07) is 1.48. The van der Waals surface area contributed by atoms with Crippen LogP contribution in [0.15, 0.2) is 17.1 Å². The number of hydrogen-bond donors (Lipinski definition) is 2. The Labute approximate surface area is 88.6 Å². The lowest BCUT2D eigenvalue weighted by Gasteiger charge is -2.13. The Hall–Kier alpha value is -1.29. The van der Waals surface area contributed by atoms with Crippen molar-refractivity contribution >= 4 is 0 Å². The summed E-state index contributed by atoms with van der Waals surface area (Å²) in [7, 11) is 0. The number of pyridine rings is 1. The number of likely N-dealkylation sites (tertiary alicyclic amines) is 1. The molecule has 2 N–H and O–H groups in total. The third-order valence-corrected chi connectivity index (χ3v) is 2.85. The number of H-pyrrole nitrogens is 1. The fourth-order valence-corrected chi connectivity index (χ4v) is 1.94. The number of hydrogen-bond acceptors (Lipinski definition) is 3. The molecule has 1 aliphatic heterocycles. The van der Waals surface area contributed by atoms with Crippen molar-refractivity contribution in [3.8, 4) is 5.75 Å². The van der Waals surface area contributed by atoms with Crippen molar-refractivity contribution in [2.24, 2.45) is 0 Å². The second kappa shape index (κ2) is 4.49. The van der Waals surface area contributed by atoms with Crippen molar-refractivity contribution < 1.29 is 5.11 Å². The zero-order valence-electron chi connectivity index (χ0n) is 8.70. The van der Waals surface area contributed by atoms with E-state index in [1.54, 1.807) is 0 Å². The molecule has 1 aliphatic rings. The van der Waals surface area contributed by atoms with Gasteiger partial charge >= 0.3 is 0 Å². The van der Waals surface area contributed by atoms with Gasteiger partial charge in [-0.15, -0.1) is 0 Å². The summed E-state index contributed by atoms with van der Waals surface area (Å²) < 4.78 is 0. The van der Waals surface area contributed by atoms with Crippen LogP contribution in [0.1, 0.15) is 18.5 Å². The molecule has 4 nitrogen and oxygen atoms in total. The second-order valence-electron chi connectivity index (χ2n) is 4.01. The van der Waals surface area contributed by atoms with E-state index < -0.39 is 0 Å². The van der Waals surface area contributed by atoms with Gasteiger partial charge in [-0.3, -0.25) is 4.79 Å². The van der Waals surface area contributed by atoms with E-state index in [0.717, 1.165) is 18.7 Å². The van der Waals surface area contributed by atoms with E-state index in [-0.39, 0.29) is 11.2 Å². The second-order valence-corrected chi connectivity index (χ2v) is 4.01. The average molecular weight is 208 g/mol. The summed E-state index contributed by atoms with van der Waals surface area (Å²) in [4.78, 5) is 16.5. The highest BCUT2D eigenvalue weighted by Crippen LogP contribution is 2.08. The van der Waals surface area contributed by atoms with Gasteiger partial charge in [-0.1, -0.05) is 0 Å². The SMILES string of the molecule is O=c1cc(CCN2CCCC2)[nH]cc1O. The third kappa shape index (κ3) is 2.59. The standard InChI is InChI=1S/C11H16N2O2/c14-10-7-9(12-8-11(10)15)3-6-13-4-1-2-5-13/h7-8,15H,1-6H2,(H,12,14). The smallest absolute Gasteiger partial charge is 0.223 e. The maximum Gasteiger partial charge on any atom is 0.223 e. The zero-order chi connectivity index (χ0) is 10.7. The number of aromatic amines is 1. The van der Waals surface area contributed by atoms with Crippen molar-refractivity contribution in [1.29, 1.82) is 0 Å². The van der Waals surface area contributed by atoms with Gasteiger partial charge in [-0.25, -0.2) is 0 Å². The number of nitrogens with zero attached hydrogens (tertiary/aromatic N) is 1. The average Bonchev–Trinajstić information content (AvgIpc) is 2.73. The highest BCUT2D eigenvalue weighted by atomic mass is 16.3. The molecule has 1 saturated heterocycles. The number of nitrogens with one attached hydrogen (secondary N) is 1. The summed E-state index contributed by atoms with van der Waals surface area (Å²) in [5.41, 5.74) is 0.592. The first-order valence-electron chi connectivity index (χ1n) is 5.38. The molecule has 0 spiro atoms. The minimum absolute atomic E-state index is 0.208. The Morgan fingerprint density at radius 2 is 2.13 bits per heavy atom. The van der Waals surface area contributed by atoms with Crippen LogP contribution in [0.25, 0.3) is 0 Å². The molecule has 0 bridgehead atoms. The maximum absolute atomic E-state index is 11.2. The Bertz CT molecular complexity index is 380. The van der Waals surface area contributed by atoms with E-state index in [2.05, 4.69) is 9.88 Å². The van der Waals surface area contributed by atoms with E-state index in [1.807, 2.05) is 0 Å². The lowest BCUT2D eigenvalue weighted by Crippen LogP contribution is -2.22. The fourth-order valence-electron chi connectivity index (χ4n) is 1.94. The molecule has 0 saturated carbocycles. The lowest BCUT2D eigenvalue weighted by molar-refractivity contribution is 0.342. The molecule has 82 valence electrons. The first kappa shape index (κ1) is 10.2. The molecule has 0 atom stereocenters. The Morgan fingerprint density at radius 1 is 1.40 bits per heavy atom. The van der Waals surface area contributed by atoms with Crippen LogP contribution in [0, 0.1) is 0 Å². The van der Waals surface area contributed by atoms with Gasteiger partial charge in [0.25, 0.3) is 0 Å². The van der Waals surface area contributed by atoms with Crippen LogP contribution in [0.3, 0.4) is 0 Å². The molecule has 4 heteroatoms. The Morgan fingerprint density at radius 3 is 2.80 bits per heavy atom. The summed E-state index contributed by atoms with van der Waals surface area (Å²) in [5, 5.41) is 9.07. The molecule has 1 aromatic rings. The van der Waals surface area contributed by atoms with Crippen LogP contribution in [-0.2, 0) is 6.42 Å². The predicted octanol–water partition coefficient (Wildman–Crippen LogP) is 0.719. The summed E-state index contributed by atoms with van der Waals surface area (Å²) in [5.74, 6) is -0.208. The van der Waals surface area contributed by atoms with E-state index >= 15 is 0 Å². The molecule has 2 heterocycles. The Balaban J connectivity index is 1.93. The van der Waals surface area contributed by atoms with E-state index in [4.69, 9.17) is 5.11 Å². The van der Waals surface area contributed by atoms with Crippen LogP contribution in [0.4, 0.5) is 0 Å². The van der Waals surface area contributed by atoms with Crippen LogP contribution in [0.5, 0.6) is 5.75 Å². The maximum atomic E-state index is 11.2. The molecule has 15 heavy (non-hydrogen) atoms. The van der Waals surface area contributed by atoms with Crippen molar-refractivity contribution in [3.05, 3.63) is 28.2 Å². The van der Waals surface area contributed by atoms with Crippen molar-refractivity contribution in [2.45, 2.75) is 19.3 Å². The highest BCUT2D eigenvalue weighted by Gasteiger charge is 2.11. The van der Waals surface area contributed by atoms with Gasteiger partial charge in [-0.05, 0) is 25.9 Å². The van der Waals surface area contributed by atoms with Crippen molar-refractivity contribution in [3.63, 3.8) is 0 Å². The monoisotopic (exact) mass is 208 g/mol. The van der Waals surface area contributed by atoms with Crippen LogP contribution in [0.2, 0.25) is 0 Å². The number of rotatable bonds is 3. The van der Waals surface area contributed by atoms with Crippen LogP contribution in [-0.4, -0.2) is 34.6 Å². The third-order valence-electron chi connectivity index (χ3n) is 2.85. The first-order chi connectivity index (χ1) is 7.25. The van der Waals surface area contributed by atoms with Crippen LogP contribution >= 0.6 is 0 Å². The van der Waals surface area contributed by atoms with E-state index in [1.165, 1.54) is 38.2 Å². The van der Waals surface area contributed by atoms with Gasteiger partial charge in [0.05, 0.1) is 0 Å². The van der Waals surface area contributed by atoms with Crippen molar-refractivity contribution in [1.82, 2.24) is 9.88 Å². The molecule has 1 fully saturated rings. The van der Waals surface area contributed by atoms with E-state index in [0.29, 0.717) is 0 Å². The van der Waals surface area contributed by atoms with Gasteiger partial charge in [0.15, 0.2) is 5.75 Å². The lowest BCUT2D eigenvalue weighted by atomic mass is 10.2. The molecule has 0 radical (unpaired) electrons. The Kier molecular flexibility index (Phi) is 3.06. The van der Waals surface area contributed by atoms with Gasteiger partial charge in [0, 0.05) is 30.9 Å². The normalized spacial score (nSPS) is 17.1. The summed E-state index contributed by atoms with van der Waals surface area (Å²) in [6.07, 6.45) is 4.77. The summed E-state index contributed by atoms with van der Waals surface area (Å²) in [6.45, 7) is 3.32. The highest BCUT2D eigenvalue weighted by molar-refractivity contribution is 5.18. The molecular weight excluding hydrogens is 192 g/mol. The first-order valence-corrected chi connectivity index (χ1v) is 5.38. The minimum Gasteiger partial charge on any atom is -0.503 e. The van der Waals surface area contributed by atoms with Gasteiger partial charge in [-0.2, -0.15) is 0 Å². The predicted molar refractivity (Wildman–Crippen MR) is 58.1 cm³/mol. The van der Waals surface area contributed by atoms with Crippen molar-refractivity contribution in [2.75, 3.05) is 19.6 Å². The number of aromatic nitrogens is 1. The topological polar surface area (TPSA) is 56.3 Å². The zero-order valence-corrected chi connectivity index (χ0v) is 8.70. The molecule has 2 rings (SSSR count). The molecule has 0 unspecified atom stereocenters. The molecule has 1 aromatic heterocycles. The van der Waals surface area contributed by atoms with Gasteiger partial charge in [0.1, 0.15) is 0 Å². The summed E-state index contributed by atoms with van der Waals surface area (Å²) >= 11 is 0. The quantitative estimate of drug-likeness (QED) is 0.769. The van der Waals surface area contributed by atoms with Gasteiger partial charge < -0.3 is 15.0 Å². The molecule has 0 amide bonds. The molecular formula is C11H16N2O2. The molecule has 0 aromatic carbocycles. The fraction of sp³-hybridized carbons (Fsp3) is 0.545. The minimum atomic E-state index is -0.301. The van der Waals surface area contributed by atoms with Crippen LogP contribution < -0.4 is 5.43 Å². The van der Waals surface area contributed by atoms with Gasteiger partial charge in [0.2, 0.25) is 5.43 Å².